The Morgan fingerprint density at radius 1 is 1.13 bits per heavy atom. The number of unbranched alkanes of at least 4 members (excludes halogenated alkanes) is 2. The molecule has 3 rings (SSSR count). The molecule has 2 aromatic carbocycles. The minimum Gasteiger partial charge on any atom is -0.448 e. The van der Waals surface area contributed by atoms with Crippen molar-refractivity contribution >= 4 is 23.0 Å². The quantitative estimate of drug-likeness (QED) is 0.101. The van der Waals surface area contributed by atoms with Crippen LogP contribution in [0, 0.1) is 15.9 Å². The lowest BCUT2D eigenvalue weighted by atomic mass is 10.1. The van der Waals surface area contributed by atoms with Crippen molar-refractivity contribution in [2.24, 2.45) is 5.10 Å². The van der Waals surface area contributed by atoms with E-state index in [-0.39, 0.29) is 31.8 Å². The Kier molecular flexibility index (Phi) is 8.71. The van der Waals surface area contributed by atoms with E-state index in [9.17, 15) is 37.3 Å². The summed E-state index contributed by atoms with van der Waals surface area (Å²) in [7, 11) is 0. The summed E-state index contributed by atoms with van der Waals surface area (Å²) in [5.41, 5.74) is -5.78. The van der Waals surface area contributed by atoms with Crippen molar-refractivity contribution in [3.8, 4) is 17.2 Å². The minimum absolute atomic E-state index is 0.000700. The predicted octanol–water partition coefficient (Wildman–Crippen LogP) is 6.32. The lowest BCUT2D eigenvalue weighted by Crippen LogP contribution is -2.41. The second-order valence-electron chi connectivity index (χ2n) is 8.15. The molecule has 14 heteroatoms. The van der Waals surface area contributed by atoms with Crippen molar-refractivity contribution in [2.45, 2.75) is 45.7 Å². The number of hydrogen-bond acceptors (Lipinski definition) is 6. The zero-order chi connectivity index (χ0) is 28.2. The van der Waals surface area contributed by atoms with Crippen LogP contribution in [0.15, 0.2) is 57.2 Å². The van der Waals surface area contributed by atoms with Crippen molar-refractivity contribution in [2.75, 3.05) is 0 Å². The Balaban J connectivity index is 2.22. The Morgan fingerprint density at radius 2 is 1.82 bits per heavy atom. The molecule has 202 valence electrons. The highest BCUT2D eigenvalue weighted by molar-refractivity contribution is 6.32. The van der Waals surface area contributed by atoms with Crippen LogP contribution in [0.25, 0.3) is 5.69 Å². The Hall–Kier alpha value is -4.00. The monoisotopic (exact) mass is 556 g/mol. The molecule has 0 aliphatic carbocycles. The Morgan fingerprint density at radius 3 is 2.45 bits per heavy atom. The molecular weight excluding hydrogens is 536 g/mol. The molecule has 1 aromatic heterocycles. The number of nitrogens with zero attached hydrogens (tertiary/aromatic N) is 4. The third-order valence-corrected chi connectivity index (χ3v) is 5.60. The van der Waals surface area contributed by atoms with Crippen LogP contribution in [0.4, 0.5) is 23.2 Å². The van der Waals surface area contributed by atoms with Gasteiger partial charge in [0, 0.05) is 23.9 Å². The van der Waals surface area contributed by atoms with Crippen LogP contribution in [0.3, 0.4) is 0 Å². The fourth-order valence-corrected chi connectivity index (χ4v) is 3.68. The summed E-state index contributed by atoms with van der Waals surface area (Å²) in [6.45, 7) is 3.36. The highest BCUT2D eigenvalue weighted by Crippen LogP contribution is 2.36. The molecule has 0 N–H and O–H groups in total. The van der Waals surface area contributed by atoms with E-state index in [1.54, 1.807) is 0 Å². The molecule has 0 bridgehead atoms. The number of halogens is 5. The number of ether oxygens (including phenoxy) is 1. The lowest BCUT2D eigenvalue weighted by molar-refractivity contribution is -0.385. The first-order valence-electron chi connectivity index (χ1n) is 11.3. The molecule has 1 heterocycles. The molecule has 0 spiro atoms. The first-order valence-corrected chi connectivity index (χ1v) is 11.6. The van der Waals surface area contributed by atoms with E-state index in [1.807, 2.05) is 6.92 Å². The van der Waals surface area contributed by atoms with Crippen LogP contribution in [-0.4, -0.2) is 19.9 Å². The number of nitro groups is 1. The topological polar surface area (TPSA) is 109 Å². The van der Waals surface area contributed by atoms with E-state index < -0.39 is 51.0 Å². The van der Waals surface area contributed by atoms with Gasteiger partial charge in [-0.2, -0.15) is 22.9 Å². The summed E-state index contributed by atoms with van der Waals surface area (Å²) in [4.78, 5) is 36.4. The van der Waals surface area contributed by atoms with Gasteiger partial charge in [-0.25, -0.2) is 13.8 Å². The number of benzene rings is 2. The van der Waals surface area contributed by atoms with Crippen LogP contribution >= 0.6 is 11.6 Å². The van der Waals surface area contributed by atoms with Gasteiger partial charge in [0.15, 0.2) is 5.69 Å². The van der Waals surface area contributed by atoms with Gasteiger partial charge in [0.25, 0.3) is 5.56 Å². The normalized spacial score (nSPS) is 12.0. The van der Waals surface area contributed by atoms with Gasteiger partial charge in [0.2, 0.25) is 5.75 Å². The molecule has 3 aromatic rings. The van der Waals surface area contributed by atoms with Gasteiger partial charge < -0.3 is 4.74 Å². The number of hydrogen-bond donors (Lipinski definition) is 0. The molecule has 0 fully saturated rings. The van der Waals surface area contributed by atoms with Crippen molar-refractivity contribution in [3.05, 3.63) is 90.0 Å². The zero-order valence-corrected chi connectivity index (χ0v) is 20.8. The third kappa shape index (κ3) is 6.28. The van der Waals surface area contributed by atoms with Crippen molar-refractivity contribution in [1.82, 2.24) is 9.24 Å². The second-order valence-corrected chi connectivity index (χ2v) is 8.56. The van der Waals surface area contributed by atoms with E-state index in [4.69, 9.17) is 16.3 Å². The van der Waals surface area contributed by atoms with Crippen LogP contribution < -0.4 is 16.0 Å². The van der Waals surface area contributed by atoms with Gasteiger partial charge in [-0.3, -0.25) is 14.9 Å². The van der Waals surface area contributed by atoms with Crippen LogP contribution in [0.1, 0.15) is 45.2 Å². The van der Waals surface area contributed by atoms with Crippen LogP contribution in [-0.2, 0) is 6.18 Å². The standard InChI is InChI=1S/C24H21ClF4N4O5/c1-3-4-5-8-14(2)30-32-21(24(27,28)29)13-22(34)31(23(32)35)18-12-20(15(25)11-16(18)26)38-19-10-7-6-9-17(19)33(36)37/h6-7,9-13H,3-5,8H2,1-2H3. The molecule has 0 aliphatic heterocycles. The van der Waals surface area contributed by atoms with Crippen LogP contribution in [0.5, 0.6) is 11.5 Å². The largest absolute Gasteiger partial charge is 0.448 e. The Labute approximate surface area is 217 Å². The van der Waals surface area contributed by atoms with Crippen LogP contribution in [0.2, 0.25) is 5.02 Å². The summed E-state index contributed by atoms with van der Waals surface area (Å²) >= 11 is 6.02. The van der Waals surface area contributed by atoms with Gasteiger partial charge in [-0.15, -0.1) is 0 Å². The summed E-state index contributed by atoms with van der Waals surface area (Å²) in [6, 6.07) is 6.72. The number of alkyl halides is 3. The van der Waals surface area contributed by atoms with E-state index in [2.05, 4.69) is 5.10 Å². The molecule has 0 saturated carbocycles. The Bertz CT molecular complexity index is 1520. The fraction of sp³-hybridized carbons (Fsp3) is 0.292. The van der Waals surface area contributed by atoms with E-state index in [0.717, 1.165) is 25.0 Å². The van der Waals surface area contributed by atoms with E-state index in [0.29, 0.717) is 18.9 Å². The highest BCUT2D eigenvalue weighted by atomic mass is 35.5. The molecule has 0 aliphatic rings. The first kappa shape index (κ1) is 28.6. The summed E-state index contributed by atoms with van der Waals surface area (Å²) in [6.07, 6.45) is -2.59. The number of rotatable bonds is 9. The SMILES string of the molecule is CCCCCC(C)=Nn1c(C(F)(F)F)cc(=O)n(-c2cc(Oc3ccccc3[N+](=O)[O-])c(Cl)cc2F)c1=O. The highest BCUT2D eigenvalue weighted by Gasteiger charge is 2.37. The summed E-state index contributed by atoms with van der Waals surface area (Å²) in [5, 5.41) is 14.7. The van der Waals surface area contributed by atoms with E-state index >= 15 is 0 Å². The first-order chi connectivity index (χ1) is 17.8. The molecule has 0 amide bonds. The van der Waals surface area contributed by atoms with E-state index in [1.165, 1.54) is 25.1 Å². The van der Waals surface area contributed by atoms with Crippen molar-refractivity contribution < 1.29 is 27.2 Å². The maximum atomic E-state index is 14.9. The molecular formula is C24H21ClF4N4O5. The van der Waals surface area contributed by atoms with Gasteiger partial charge >= 0.3 is 17.6 Å². The predicted molar refractivity (Wildman–Crippen MR) is 132 cm³/mol. The van der Waals surface area contributed by atoms with Crippen molar-refractivity contribution in [3.63, 3.8) is 0 Å². The smallest absolute Gasteiger partial charge is 0.433 e. The molecule has 38 heavy (non-hydrogen) atoms. The van der Waals surface area contributed by atoms with Gasteiger partial charge in [-0.05, 0) is 31.9 Å². The van der Waals surface area contributed by atoms with Crippen molar-refractivity contribution in [1.29, 1.82) is 0 Å². The summed E-state index contributed by atoms with van der Waals surface area (Å²) in [5.74, 6) is -1.92. The molecule has 0 saturated heterocycles. The molecule has 9 nitrogen and oxygen atoms in total. The molecule has 0 unspecified atom stereocenters. The average Bonchev–Trinajstić information content (AvgIpc) is 2.83. The maximum absolute atomic E-state index is 14.9. The number of aromatic nitrogens is 2. The van der Waals surface area contributed by atoms with Gasteiger partial charge in [0.05, 0.1) is 15.6 Å². The summed E-state index contributed by atoms with van der Waals surface area (Å²) < 4.78 is 61.6. The number of para-hydroxylation sites is 2. The second kappa shape index (κ2) is 11.6. The molecule has 0 atom stereocenters. The maximum Gasteiger partial charge on any atom is 0.433 e. The third-order valence-electron chi connectivity index (χ3n) is 5.31. The minimum atomic E-state index is -5.12. The fourth-order valence-electron chi connectivity index (χ4n) is 3.49. The zero-order valence-electron chi connectivity index (χ0n) is 20.1. The lowest BCUT2D eigenvalue weighted by Gasteiger charge is -2.16. The average molecular weight is 557 g/mol. The number of nitro benzene ring substituents is 1. The molecule has 0 radical (unpaired) electrons. The van der Waals surface area contributed by atoms with Gasteiger partial charge in [0.1, 0.15) is 11.6 Å². The van der Waals surface area contributed by atoms with Gasteiger partial charge in [-0.1, -0.05) is 43.5 Å².